The van der Waals surface area contributed by atoms with Crippen LogP contribution in [0.4, 0.5) is 0 Å². The molecule has 0 bridgehead atoms. The summed E-state index contributed by atoms with van der Waals surface area (Å²) in [5.74, 6) is 0.00262. The Hall–Kier alpha value is -1.72. The minimum atomic E-state index is 0.00262. The number of hydrogen-bond donors (Lipinski definition) is 0. The molecule has 3 rings (SSSR count). The summed E-state index contributed by atoms with van der Waals surface area (Å²) in [6.45, 7) is 6.00. The molecule has 1 atom stereocenters. The number of hydrogen-bond acceptors (Lipinski definition) is 4. The second kappa shape index (κ2) is 6.58. The minimum Gasteiger partial charge on any atom is -0.375 e. The number of rotatable bonds is 3. The third-order valence-corrected chi connectivity index (χ3v) is 4.75. The summed E-state index contributed by atoms with van der Waals surface area (Å²) >= 11 is 1.52. The molecular formula is C17H20N2O2S. The third-order valence-electron chi connectivity index (χ3n) is 3.86. The monoisotopic (exact) mass is 316 g/mol. The number of morpholine rings is 1. The van der Waals surface area contributed by atoms with Crippen LogP contribution in [0.15, 0.2) is 29.6 Å². The van der Waals surface area contributed by atoms with Crippen molar-refractivity contribution < 1.29 is 9.53 Å². The molecule has 2 heterocycles. The summed E-state index contributed by atoms with van der Waals surface area (Å²) in [6, 6.07) is 8.37. The molecule has 1 unspecified atom stereocenters. The van der Waals surface area contributed by atoms with Crippen LogP contribution in [0.25, 0.3) is 10.6 Å². The first-order valence-electron chi connectivity index (χ1n) is 7.63. The highest BCUT2D eigenvalue weighted by molar-refractivity contribution is 7.13. The molecule has 1 aromatic heterocycles. The van der Waals surface area contributed by atoms with E-state index >= 15 is 0 Å². The smallest absolute Gasteiger partial charge is 0.273 e. The molecule has 0 spiro atoms. The molecule has 0 radical (unpaired) electrons. The van der Waals surface area contributed by atoms with Crippen molar-refractivity contribution in [3.63, 3.8) is 0 Å². The third kappa shape index (κ3) is 3.20. The van der Waals surface area contributed by atoms with Crippen LogP contribution in [0.1, 0.15) is 29.9 Å². The lowest BCUT2D eigenvalue weighted by Crippen LogP contribution is -2.44. The van der Waals surface area contributed by atoms with Gasteiger partial charge in [-0.25, -0.2) is 4.98 Å². The van der Waals surface area contributed by atoms with Crippen molar-refractivity contribution in [2.75, 3.05) is 19.7 Å². The molecule has 2 aromatic rings. The van der Waals surface area contributed by atoms with Gasteiger partial charge in [-0.3, -0.25) is 4.79 Å². The Labute approximate surface area is 134 Å². The quantitative estimate of drug-likeness (QED) is 0.873. The van der Waals surface area contributed by atoms with Crippen LogP contribution in [-0.4, -0.2) is 41.6 Å². The van der Waals surface area contributed by atoms with Crippen molar-refractivity contribution in [1.82, 2.24) is 9.88 Å². The summed E-state index contributed by atoms with van der Waals surface area (Å²) in [4.78, 5) is 18.9. The summed E-state index contributed by atoms with van der Waals surface area (Å²) in [7, 11) is 0. The summed E-state index contributed by atoms with van der Waals surface area (Å²) in [5, 5.41) is 2.75. The highest BCUT2D eigenvalue weighted by atomic mass is 32.1. The molecule has 1 aliphatic rings. The highest BCUT2D eigenvalue weighted by Crippen LogP contribution is 2.25. The fraction of sp³-hybridized carbons (Fsp3) is 0.412. The van der Waals surface area contributed by atoms with Gasteiger partial charge in [-0.1, -0.05) is 31.2 Å². The van der Waals surface area contributed by atoms with Gasteiger partial charge in [0.15, 0.2) is 0 Å². The number of ether oxygens (including phenoxy) is 1. The molecule has 1 saturated heterocycles. The molecule has 1 aliphatic heterocycles. The average Bonchev–Trinajstić information content (AvgIpc) is 3.04. The van der Waals surface area contributed by atoms with E-state index in [4.69, 9.17) is 4.74 Å². The molecule has 5 heteroatoms. The fourth-order valence-electron chi connectivity index (χ4n) is 2.55. The number of carbonyl (C=O) groups is 1. The van der Waals surface area contributed by atoms with Crippen molar-refractivity contribution in [2.24, 2.45) is 0 Å². The number of nitrogens with zero attached hydrogens (tertiary/aromatic N) is 2. The van der Waals surface area contributed by atoms with Crippen molar-refractivity contribution in [3.05, 3.63) is 40.9 Å². The second-order valence-electron chi connectivity index (χ2n) is 5.52. The van der Waals surface area contributed by atoms with E-state index in [9.17, 15) is 4.79 Å². The predicted molar refractivity (Wildman–Crippen MR) is 88.2 cm³/mol. The summed E-state index contributed by atoms with van der Waals surface area (Å²) < 4.78 is 5.48. The van der Waals surface area contributed by atoms with E-state index in [1.807, 2.05) is 17.2 Å². The number of aromatic nitrogens is 1. The molecule has 0 saturated carbocycles. The van der Waals surface area contributed by atoms with Crippen LogP contribution in [0.2, 0.25) is 0 Å². The molecule has 0 aliphatic carbocycles. The van der Waals surface area contributed by atoms with Crippen molar-refractivity contribution in [3.8, 4) is 10.6 Å². The lowest BCUT2D eigenvalue weighted by Gasteiger charge is -2.30. The van der Waals surface area contributed by atoms with Gasteiger partial charge in [0.25, 0.3) is 5.91 Å². The molecule has 4 nitrogen and oxygen atoms in total. The average molecular weight is 316 g/mol. The SMILES string of the molecule is CCc1ccc(-c2nc(C(=O)N3CCOC(C)C3)cs2)cc1. The number of benzene rings is 1. The lowest BCUT2D eigenvalue weighted by molar-refractivity contribution is -0.0126. The van der Waals surface area contributed by atoms with E-state index in [2.05, 4.69) is 36.2 Å². The van der Waals surface area contributed by atoms with Gasteiger partial charge < -0.3 is 9.64 Å². The lowest BCUT2D eigenvalue weighted by atomic mass is 10.1. The Morgan fingerprint density at radius 1 is 1.41 bits per heavy atom. The number of aryl methyl sites for hydroxylation is 1. The standard InChI is InChI=1S/C17H20N2O2S/c1-3-13-4-6-14(7-5-13)16-18-15(11-22-16)17(20)19-8-9-21-12(2)10-19/h4-7,11-12H,3,8-10H2,1-2H3. The summed E-state index contributed by atoms with van der Waals surface area (Å²) in [5.41, 5.74) is 2.91. The Kier molecular flexibility index (Phi) is 4.55. The van der Waals surface area contributed by atoms with E-state index in [1.165, 1.54) is 16.9 Å². The van der Waals surface area contributed by atoms with Crippen molar-refractivity contribution >= 4 is 17.2 Å². The molecule has 1 fully saturated rings. The Morgan fingerprint density at radius 3 is 2.86 bits per heavy atom. The molecule has 116 valence electrons. The molecule has 1 amide bonds. The Balaban J connectivity index is 1.76. The highest BCUT2D eigenvalue weighted by Gasteiger charge is 2.24. The van der Waals surface area contributed by atoms with Crippen LogP contribution < -0.4 is 0 Å². The molecule has 1 aromatic carbocycles. The first kappa shape index (κ1) is 15.2. The van der Waals surface area contributed by atoms with Gasteiger partial charge in [0, 0.05) is 24.0 Å². The van der Waals surface area contributed by atoms with Gasteiger partial charge in [0.05, 0.1) is 12.7 Å². The topological polar surface area (TPSA) is 42.4 Å². The van der Waals surface area contributed by atoms with Crippen LogP contribution in [0.3, 0.4) is 0 Å². The van der Waals surface area contributed by atoms with Gasteiger partial charge in [-0.15, -0.1) is 11.3 Å². The maximum atomic E-state index is 12.5. The maximum absolute atomic E-state index is 12.5. The van der Waals surface area contributed by atoms with Crippen LogP contribution >= 0.6 is 11.3 Å². The first-order valence-corrected chi connectivity index (χ1v) is 8.51. The van der Waals surface area contributed by atoms with Crippen molar-refractivity contribution in [2.45, 2.75) is 26.4 Å². The molecular weight excluding hydrogens is 296 g/mol. The van der Waals surface area contributed by atoms with E-state index < -0.39 is 0 Å². The van der Waals surface area contributed by atoms with E-state index in [0.29, 0.717) is 25.4 Å². The van der Waals surface area contributed by atoms with Crippen molar-refractivity contribution in [1.29, 1.82) is 0 Å². The zero-order valence-corrected chi connectivity index (χ0v) is 13.7. The maximum Gasteiger partial charge on any atom is 0.273 e. The van der Waals surface area contributed by atoms with Crippen LogP contribution in [0, 0.1) is 0 Å². The van der Waals surface area contributed by atoms with E-state index in [1.54, 1.807) is 0 Å². The number of carbonyl (C=O) groups excluding carboxylic acids is 1. The Morgan fingerprint density at radius 2 is 2.18 bits per heavy atom. The van der Waals surface area contributed by atoms with E-state index in [-0.39, 0.29) is 12.0 Å². The zero-order chi connectivity index (χ0) is 15.5. The first-order chi connectivity index (χ1) is 10.7. The second-order valence-corrected chi connectivity index (χ2v) is 6.38. The van der Waals surface area contributed by atoms with Gasteiger partial charge in [0.2, 0.25) is 0 Å². The Bertz CT molecular complexity index is 651. The van der Waals surface area contributed by atoms with Crippen LogP contribution in [-0.2, 0) is 11.2 Å². The van der Waals surface area contributed by atoms with E-state index in [0.717, 1.165) is 17.0 Å². The predicted octanol–water partition coefficient (Wildman–Crippen LogP) is 3.23. The minimum absolute atomic E-state index is 0.00262. The van der Waals surface area contributed by atoms with Gasteiger partial charge in [0.1, 0.15) is 10.7 Å². The van der Waals surface area contributed by atoms with Gasteiger partial charge >= 0.3 is 0 Å². The summed E-state index contributed by atoms with van der Waals surface area (Å²) in [6.07, 6.45) is 1.12. The van der Waals surface area contributed by atoms with Gasteiger partial charge in [-0.05, 0) is 18.9 Å². The molecule has 22 heavy (non-hydrogen) atoms. The zero-order valence-electron chi connectivity index (χ0n) is 12.9. The fourth-order valence-corrected chi connectivity index (χ4v) is 3.35. The largest absolute Gasteiger partial charge is 0.375 e. The normalized spacial score (nSPS) is 18.5. The number of amides is 1. The van der Waals surface area contributed by atoms with Crippen LogP contribution in [0.5, 0.6) is 0 Å². The van der Waals surface area contributed by atoms with Gasteiger partial charge in [-0.2, -0.15) is 0 Å². The molecule has 0 N–H and O–H groups in total. The number of thiazole rings is 1.